The molecule has 2 N–H and O–H groups in total. The molecule has 0 aliphatic carbocycles. The van der Waals surface area contributed by atoms with Gasteiger partial charge in [-0.15, -0.1) is 0 Å². The molecule has 2 aromatic rings. The first-order chi connectivity index (χ1) is 13.8. The molecule has 0 bridgehead atoms. The maximum atomic E-state index is 13.9. The van der Waals surface area contributed by atoms with Gasteiger partial charge in [-0.25, -0.2) is 12.8 Å². The summed E-state index contributed by atoms with van der Waals surface area (Å²) in [5.41, 5.74) is 0.315. The first kappa shape index (κ1) is 22.5. The van der Waals surface area contributed by atoms with E-state index in [-0.39, 0.29) is 47.4 Å². The van der Waals surface area contributed by atoms with E-state index in [9.17, 15) is 17.6 Å². The Morgan fingerprint density at radius 2 is 1.59 bits per heavy atom. The molecule has 0 spiro atoms. The van der Waals surface area contributed by atoms with Crippen LogP contribution >= 0.6 is 0 Å². The number of benzene rings is 2. The van der Waals surface area contributed by atoms with Gasteiger partial charge in [0.05, 0.1) is 35.9 Å². The number of ether oxygens (including phenoxy) is 2. The second kappa shape index (κ2) is 10.1. The molecule has 2 aromatic carbocycles. The van der Waals surface area contributed by atoms with E-state index in [1.54, 1.807) is 26.8 Å². The van der Waals surface area contributed by atoms with Crippen molar-refractivity contribution in [3.05, 3.63) is 47.8 Å². The Bertz CT molecular complexity index is 963. The summed E-state index contributed by atoms with van der Waals surface area (Å²) in [4.78, 5) is 12.5. The molecule has 29 heavy (non-hydrogen) atoms. The molecule has 0 aromatic heterocycles. The number of anilines is 2. The number of carbonyl (C=O) groups excluding carboxylic acids is 1. The Morgan fingerprint density at radius 1 is 1.00 bits per heavy atom. The second-order valence-electron chi connectivity index (χ2n) is 6.07. The lowest BCUT2D eigenvalue weighted by Gasteiger charge is -2.18. The van der Waals surface area contributed by atoms with Crippen LogP contribution in [0.4, 0.5) is 15.8 Å². The average Bonchev–Trinajstić information content (AvgIpc) is 2.65. The van der Waals surface area contributed by atoms with E-state index in [2.05, 4.69) is 10.0 Å². The first-order valence-electron chi connectivity index (χ1n) is 9.31. The van der Waals surface area contributed by atoms with E-state index in [1.807, 2.05) is 0 Å². The van der Waals surface area contributed by atoms with E-state index < -0.39 is 21.7 Å². The van der Waals surface area contributed by atoms with Crippen molar-refractivity contribution in [2.75, 3.05) is 29.0 Å². The van der Waals surface area contributed by atoms with Crippen LogP contribution in [0.15, 0.2) is 36.4 Å². The summed E-state index contributed by atoms with van der Waals surface area (Å²) in [5.74, 6) is -0.911. The predicted molar refractivity (Wildman–Crippen MR) is 111 cm³/mol. The van der Waals surface area contributed by atoms with E-state index in [0.717, 1.165) is 0 Å². The summed E-state index contributed by atoms with van der Waals surface area (Å²) in [7, 11) is -3.56. The topological polar surface area (TPSA) is 93.7 Å². The standard InChI is InChI=1S/C20H25FN2O5S/c1-4-11-29(25,26)23-17-13-18(27-5-2)16(12-19(17)28-6-3)22-20(24)14-9-7-8-10-15(14)21/h7-10,12-13,23H,4-6,11H2,1-3H3,(H,22,24). The molecule has 0 saturated heterocycles. The summed E-state index contributed by atoms with van der Waals surface area (Å²) in [6, 6.07) is 8.49. The van der Waals surface area contributed by atoms with Crippen LogP contribution < -0.4 is 19.5 Å². The number of nitrogens with one attached hydrogen (secondary N) is 2. The molecule has 0 radical (unpaired) electrons. The fraction of sp³-hybridized carbons (Fsp3) is 0.350. The van der Waals surface area contributed by atoms with E-state index in [1.165, 1.54) is 30.3 Å². The maximum absolute atomic E-state index is 13.9. The fourth-order valence-electron chi connectivity index (χ4n) is 2.61. The van der Waals surface area contributed by atoms with Gasteiger partial charge in [0, 0.05) is 12.1 Å². The maximum Gasteiger partial charge on any atom is 0.258 e. The van der Waals surface area contributed by atoms with Gasteiger partial charge in [-0.05, 0) is 32.4 Å². The number of halogens is 1. The Labute approximate surface area is 170 Å². The minimum absolute atomic E-state index is 0.0473. The zero-order chi connectivity index (χ0) is 21.4. The number of hydrogen-bond donors (Lipinski definition) is 2. The zero-order valence-corrected chi connectivity index (χ0v) is 17.4. The van der Waals surface area contributed by atoms with Crippen LogP contribution in [0.3, 0.4) is 0 Å². The number of sulfonamides is 1. The average molecular weight is 424 g/mol. The van der Waals surface area contributed by atoms with Gasteiger partial charge in [-0.3, -0.25) is 9.52 Å². The van der Waals surface area contributed by atoms with Crippen molar-refractivity contribution < 1.29 is 27.1 Å². The normalized spacial score (nSPS) is 11.0. The number of hydrogen-bond acceptors (Lipinski definition) is 5. The van der Waals surface area contributed by atoms with Crippen molar-refractivity contribution in [1.82, 2.24) is 0 Å². The first-order valence-corrected chi connectivity index (χ1v) is 11.0. The van der Waals surface area contributed by atoms with Crippen molar-refractivity contribution >= 4 is 27.3 Å². The van der Waals surface area contributed by atoms with Crippen molar-refractivity contribution in [2.45, 2.75) is 27.2 Å². The van der Waals surface area contributed by atoms with Gasteiger partial charge in [0.25, 0.3) is 5.91 Å². The minimum Gasteiger partial charge on any atom is -0.492 e. The molecular weight excluding hydrogens is 399 g/mol. The molecule has 0 heterocycles. The van der Waals surface area contributed by atoms with Gasteiger partial charge in [0.2, 0.25) is 10.0 Å². The Morgan fingerprint density at radius 3 is 2.17 bits per heavy atom. The third kappa shape index (κ3) is 6.08. The minimum atomic E-state index is -3.56. The molecular formula is C20H25FN2O5S. The lowest BCUT2D eigenvalue weighted by molar-refractivity contribution is 0.102. The molecule has 1 amide bonds. The highest BCUT2D eigenvalue weighted by Gasteiger charge is 2.19. The van der Waals surface area contributed by atoms with Crippen LogP contribution in [0, 0.1) is 5.82 Å². The van der Waals surface area contributed by atoms with Gasteiger partial charge >= 0.3 is 0 Å². The third-order valence-corrected chi connectivity index (χ3v) is 5.26. The van der Waals surface area contributed by atoms with E-state index >= 15 is 0 Å². The summed E-state index contributed by atoms with van der Waals surface area (Å²) >= 11 is 0. The fourth-order valence-corrected chi connectivity index (χ4v) is 3.74. The highest BCUT2D eigenvalue weighted by Crippen LogP contribution is 2.37. The van der Waals surface area contributed by atoms with Crippen molar-refractivity contribution in [2.24, 2.45) is 0 Å². The van der Waals surface area contributed by atoms with Crippen molar-refractivity contribution in [3.8, 4) is 11.5 Å². The number of rotatable bonds is 10. The molecule has 0 aliphatic rings. The largest absolute Gasteiger partial charge is 0.492 e. The Balaban J connectivity index is 2.44. The highest BCUT2D eigenvalue weighted by atomic mass is 32.2. The van der Waals surface area contributed by atoms with Gasteiger partial charge in [0.1, 0.15) is 17.3 Å². The van der Waals surface area contributed by atoms with Crippen LogP contribution in [-0.2, 0) is 10.0 Å². The highest BCUT2D eigenvalue weighted by molar-refractivity contribution is 7.92. The van der Waals surface area contributed by atoms with Gasteiger partial charge in [-0.2, -0.15) is 0 Å². The zero-order valence-electron chi connectivity index (χ0n) is 16.6. The van der Waals surface area contributed by atoms with Gasteiger partial charge in [-0.1, -0.05) is 19.1 Å². The summed E-state index contributed by atoms with van der Waals surface area (Å²) in [6.45, 7) is 5.81. The van der Waals surface area contributed by atoms with Gasteiger partial charge < -0.3 is 14.8 Å². The summed E-state index contributed by atoms with van der Waals surface area (Å²) < 4.78 is 51.9. The SMILES string of the molecule is CCCS(=O)(=O)Nc1cc(OCC)c(NC(=O)c2ccccc2F)cc1OCC. The second-order valence-corrected chi connectivity index (χ2v) is 7.91. The molecule has 158 valence electrons. The van der Waals surface area contributed by atoms with E-state index in [4.69, 9.17) is 9.47 Å². The predicted octanol–water partition coefficient (Wildman–Crippen LogP) is 4.03. The number of amides is 1. The summed E-state index contributed by atoms with van der Waals surface area (Å²) in [5, 5.41) is 2.61. The van der Waals surface area contributed by atoms with Crippen LogP contribution in [0.1, 0.15) is 37.6 Å². The molecule has 0 unspecified atom stereocenters. The van der Waals surface area contributed by atoms with Crippen molar-refractivity contribution in [3.63, 3.8) is 0 Å². The van der Waals surface area contributed by atoms with Crippen LogP contribution in [0.2, 0.25) is 0 Å². The van der Waals surface area contributed by atoms with Crippen LogP contribution in [-0.4, -0.2) is 33.3 Å². The molecule has 0 aliphatic heterocycles. The Kier molecular flexibility index (Phi) is 7.83. The van der Waals surface area contributed by atoms with Crippen LogP contribution in [0.5, 0.6) is 11.5 Å². The molecule has 0 saturated carbocycles. The van der Waals surface area contributed by atoms with Gasteiger partial charge in [0.15, 0.2) is 0 Å². The molecule has 9 heteroatoms. The summed E-state index contributed by atoms with van der Waals surface area (Å²) in [6.07, 6.45) is 0.453. The lowest BCUT2D eigenvalue weighted by Crippen LogP contribution is -2.18. The smallest absolute Gasteiger partial charge is 0.258 e. The lowest BCUT2D eigenvalue weighted by atomic mass is 10.2. The van der Waals surface area contributed by atoms with Crippen LogP contribution in [0.25, 0.3) is 0 Å². The molecule has 0 atom stereocenters. The molecule has 2 rings (SSSR count). The monoisotopic (exact) mass is 424 g/mol. The van der Waals surface area contributed by atoms with E-state index in [0.29, 0.717) is 6.42 Å². The molecule has 0 fully saturated rings. The van der Waals surface area contributed by atoms with Crippen molar-refractivity contribution in [1.29, 1.82) is 0 Å². The quantitative estimate of drug-likeness (QED) is 0.601. The third-order valence-electron chi connectivity index (χ3n) is 3.79. The molecule has 7 nitrogen and oxygen atoms in total. The Hall–Kier alpha value is -2.81. The number of carbonyl (C=O) groups is 1.